The predicted octanol–water partition coefficient (Wildman–Crippen LogP) is 2.75. The van der Waals surface area contributed by atoms with Crippen LogP contribution in [0.1, 0.15) is 29.0 Å². The van der Waals surface area contributed by atoms with Gasteiger partial charge in [0.2, 0.25) is 0 Å². The Hall–Kier alpha value is -2.43. The van der Waals surface area contributed by atoms with Crippen LogP contribution in [0.25, 0.3) is 0 Å². The summed E-state index contributed by atoms with van der Waals surface area (Å²) in [6, 6.07) is 9.28. The highest BCUT2D eigenvalue weighted by atomic mass is 19.1. The van der Waals surface area contributed by atoms with Gasteiger partial charge in [-0.2, -0.15) is 0 Å². The molecule has 0 saturated carbocycles. The molecule has 2 N–H and O–H groups in total. The van der Waals surface area contributed by atoms with E-state index in [0.717, 1.165) is 11.3 Å². The van der Waals surface area contributed by atoms with Crippen LogP contribution in [0.2, 0.25) is 0 Å². The van der Waals surface area contributed by atoms with E-state index in [0.29, 0.717) is 5.69 Å². The number of anilines is 1. The Morgan fingerprint density at radius 2 is 1.95 bits per heavy atom. The molecule has 1 atom stereocenters. The molecule has 0 aliphatic heterocycles. The van der Waals surface area contributed by atoms with Crippen molar-refractivity contribution in [2.24, 2.45) is 0 Å². The van der Waals surface area contributed by atoms with E-state index < -0.39 is 0 Å². The Morgan fingerprint density at radius 1 is 1.25 bits per heavy atom. The molecule has 0 aliphatic rings. The van der Waals surface area contributed by atoms with Crippen LogP contribution >= 0.6 is 0 Å². The number of aromatic nitrogens is 1. The van der Waals surface area contributed by atoms with Gasteiger partial charge in [-0.3, -0.25) is 9.78 Å². The SMILES string of the molecule is CNc1ccnc(C(=O)NC(C)c2ccc(F)cc2)c1. The molecular formula is C15H16FN3O. The maximum absolute atomic E-state index is 12.9. The van der Waals surface area contributed by atoms with Crippen molar-refractivity contribution in [1.82, 2.24) is 10.3 Å². The minimum absolute atomic E-state index is 0.219. The van der Waals surface area contributed by atoms with E-state index in [9.17, 15) is 9.18 Å². The normalized spacial score (nSPS) is 11.8. The lowest BCUT2D eigenvalue weighted by atomic mass is 10.1. The molecule has 5 heteroatoms. The fourth-order valence-electron chi connectivity index (χ4n) is 1.82. The summed E-state index contributed by atoms with van der Waals surface area (Å²) in [6.45, 7) is 1.84. The van der Waals surface area contributed by atoms with Crippen LogP contribution in [-0.4, -0.2) is 17.9 Å². The van der Waals surface area contributed by atoms with Gasteiger partial charge in [-0.15, -0.1) is 0 Å². The third kappa shape index (κ3) is 3.32. The molecule has 1 unspecified atom stereocenters. The lowest BCUT2D eigenvalue weighted by Crippen LogP contribution is -2.27. The van der Waals surface area contributed by atoms with E-state index in [4.69, 9.17) is 0 Å². The number of benzene rings is 1. The summed E-state index contributed by atoms with van der Waals surface area (Å²) < 4.78 is 12.9. The van der Waals surface area contributed by atoms with Gasteiger partial charge in [-0.25, -0.2) is 4.39 Å². The van der Waals surface area contributed by atoms with E-state index in [-0.39, 0.29) is 17.8 Å². The van der Waals surface area contributed by atoms with Crippen molar-refractivity contribution in [2.45, 2.75) is 13.0 Å². The van der Waals surface area contributed by atoms with Gasteiger partial charge in [0, 0.05) is 18.9 Å². The summed E-state index contributed by atoms with van der Waals surface area (Å²) in [6.07, 6.45) is 1.57. The number of nitrogens with zero attached hydrogens (tertiary/aromatic N) is 1. The van der Waals surface area contributed by atoms with Crippen LogP contribution in [0.3, 0.4) is 0 Å². The third-order valence-electron chi connectivity index (χ3n) is 3.00. The molecule has 0 bridgehead atoms. The van der Waals surface area contributed by atoms with Crippen molar-refractivity contribution in [1.29, 1.82) is 0 Å². The zero-order valence-corrected chi connectivity index (χ0v) is 11.4. The number of halogens is 1. The zero-order chi connectivity index (χ0) is 14.5. The van der Waals surface area contributed by atoms with E-state index in [1.165, 1.54) is 12.1 Å². The van der Waals surface area contributed by atoms with Crippen LogP contribution in [0.15, 0.2) is 42.6 Å². The molecule has 0 fully saturated rings. The van der Waals surface area contributed by atoms with Crippen LogP contribution < -0.4 is 10.6 Å². The highest BCUT2D eigenvalue weighted by molar-refractivity contribution is 5.93. The Balaban J connectivity index is 2.08. The Bertz CT molecular complexity index is 598. The van der Waals surface area contributed by atoms with Gasteiger partial charge < -0.3 is 10.6 Å². The first kappa shape index (κ1) is 14.0. The van der Waals surface area contributed by atoms with Crippen molar-refractivity contribution in [3.63, 3.8) is 0 Å². The first-order valence-electron chi connectivity index (χ1n) is 6.30. The molecule has 0 aliphatic carbocycles. The maximum Gasteiger partial charge on any atom is 0.270 e. The average Bonchev–Trinajstić information content (AvgIpc) is 2.47. The van der Waals surface area contributed by atoms with Gasteiger partial charge in [0.25, 0.3) is 5.91 Å². The topological polar surface area (TPSA) is 54.0 Å². The highest BCUT2D eigenvalue weighted by Gasteiger charge is 2.12. The first-order chi connectivity index (χ1) is 9.60. The Kier molecular flexibility index (Phi) is 4.30. The number of carbonyl (C=O) groups excluding carboxylic acids is 1. The average molecular weight is 273 g/mol. The molecule has 1 aromatic carbocycles. The van der Waals surface area contributed by atoms with Gasteiger partial charge in [0.1, 0.15) is 11.5 Å². The van der Waals surface area contributed by atoms with Gasteiger partial charge in [0.05, 0.1) is 6.04 Å². The molecule has 1 heterocycles. The van der Waals surface area contributed by atoms with Crippen molar-refractivity contribution >= 4 is 11.6 Å². The summed E-state index contributed by atoms with van der Waals surface area (Å²) in [5.41, 5.74) is 2.00. The molecule has 0 saturated heterocycles. The van der Waals surface area contributed by atoms with E-state index in [1.54, 1.807) is 37.5 Å². The zero-order valence-electron chi connectivity index (χ0n) is 11.4. The van der Waals surface area contributed by atoms with Crippen LogP contribution in [0, 0.1) is 5.82 Å². The molecule has 20 heavy (non-hydrogen) atoms. The number of carbonyl (C=O) groups is 1. The van der Waals surface area contributed by atoms with Crippen LogP contribution in [-0.2, 0) is 0 Å². The van der Waals surface area contributed by atoms with Gasteiger partial charge in [-0.05, 0) is 36.8 Å². The Morgan fingerprint density at radius 3 is 2.60 bits per heavy atom. The molecular weight excluding hydrogens is 257 g/mol. The van der Waals surface area contributed by atoms with E-state index in [1.807, 2.05) is 6.92 Å². The summed E-state index contributed by atoms with van der Waals surface area (Å²) in [5, 5.41) is 5.78. The standard InChI is InChI=1S/C15H16FN3O/c1-10(11-3-5-12(16)6-4-11)19-15(20)14-9-13(17-2)7-8-18-14/h3-10H,1-2H3,(H,17,18)(H,19,20). The smallest absolute Gasteiger partial charge is 0.270 e. The van der Waals surface area contributed by atoms with Crippen molar-refractivity contribution in [3.8, 4) is 0 Å². The lowest BCUT2D eigenvalue weighted by Gasteiger charge is -2.14. The molecule has 104 valence electrons. The number of rotatable bonds is 4. The summed E-state index contributed by atoms with van der Waals surface area (Å²) in [5.74, 6) is -0.561. The third-order valence-corrected chi connectivity index (χ3v) is 3.00. The number of hydrogen-bond acceptors (Lipinski definition) is 3. The second kappa shape index (κ2) is 6.14. The Labute approximate surface area is 117 Å². The highest BCUT2D eigenvalue weighted by Crippen LogP contribution is 2.14. The predicted molar refractivity (Wildman–Crippen MR) is 76.1 cm³/mol. The number of hydrogen-bond donors (Lipinski definition) is 2. The molecule has 1 aromatic heterocycles. The largest absolute Gasteiger partial charge is 0.388 e. The number of amides is 1. The quantitative estimate of drug-likeness (QED) is 0.900. The molecule has 0 spiro atoms. The molecule has 2 aromatic rings. The fourth-order valence-corrected chi connectivity index (χ4v) is 1.82. The minimum atomic E-state index is -0.296. The molecule has 0 radical (unpaired) electrons. The molecule has 2 rings (SSSR count). The summed E-state index contributed by atoms with van der Waals surface area (Å²) in [4.78, 5) is 16.1. The summed E-state index contributed by atoms with van der Waals surface area (Å²) >= 11 is 0. The van der Waals surface area contributed by atoms with Gasteiger partial charge in [-0.1, -0.05) is 12.1 Å². The van der Waals surface area contributed by atoms with Crippen molar-refractivity contribution in [3.05, 3.63) is 59.7 Å². The van der Waals surface area contributed by atoms with E-state index in [2.05, 4.69) is 15.6 Å². The fraction of sp³-hybridized carbons (Fsp3) is 0.200. The minimum Gasteiger partial charge on any atom is -0.388 e. The number of nitrogens with one attached hydrogen (secondary N) is 2. The van der Waals surface area contributed by atoms with Crippen molar-refractivity contribution in [2.75, 3.05) is 12.4 Å². The van der Waals surface area contributed by atoms with Gasteiger partial charge in [0.15, 0.2) is 0 Å². The maximum atomic E-state index is 12.9. The number of pyridine rings is 1. The monoisotopic (exact) mass is 273 g/mol. The molecule has 4 nitrogen and oxygen atoms in total. The van der Waals surface area contributed by atoms with Crippen LogP contribution in [0.5, 0.6) is 0 Å². The van der Waals surface area contributed by atoms with Gasteiger partial charge >= 0.3 is 0 Å². The molecule has 1 amide bonds. The summed E-state index contributed by atoms with van der Waals surface area (Å²) in [7, 11) is 1.78. The lowest BCUT2D eigenvalue weighted by molar-refractivity contribution is 0.0935. The van der Waals surface area contributed by atoms with Crippen LogP contribution in [0.4, 0.5) is 10.1 Å². The van der Waals surface area contributed by atoms with E-state index >= 15 is 0 Å². The second-order valence-electron chi connectivity index (χ2n) is 4.43. The first-order valence-corrected chi connectivity index (χ1v) is 6.30. The van der Waals surface area contributed by atoms with Crippen molar-refractivity contribution < 1.29 is 9.18 Å². The second-order valence-corrected chi connectivity index (χ2v) is 4.43.